The third kappa shape index (κ3) is 3.71. The number of amides is 1. The van der Waals surface area contributed by atoms with Gasteiger partial charge < -0.3 is 4.57 Å². The minimum atomic E-state index is -0.0985. The van der Waals surface area contributed by atoms with Crippen molar-refractivity contribution in [2.24, 2.45) is 0 Å². The van der Waals surface area contributed by atoms with E-state index in [1.807, 2.05) is 63.2 Å². The minimum absolute atomic E-state index is 0.0985. The van der Waals surface area contributed by atoms with Crippen LogP contribution in [-0.2, 0) is 4.79 Å². The molecule has 152 valence electrons. The largest absolute Gasteiger partial charge is 0.318 e. The van der Waals surface area contributed by atoms with E-state index in [-0.39, 0.29) is 5.91 Å². The first kappa shape index (κ1) is 21.2. The smallest absolute Gasteiger partial charge is 0.270 e. The molecule has 0 N–H and O–H groups in total. The summed E-state index contributed by atoms with van der Waals surface area (Å²) in [5.41, 5.74) is 5.76. The van der Waals surface area contributed by atoms with Crippen LogP contribution in [0.25, 0.3) is 11.8 Å². The maximum Gasteiger partial charge on any atom is 0.270 e. The Balaban J connectivity index is 1.72. The van der Waals surface area contributed by atoms with E-state index < -0.39 is 0 Å². The van der Waals surface area contributed by atoms with Gasteiger partial charge in [-0.05, 0) is 68.3 Å². The first-order chi connectivity index (χ1) is 14.3. The van der Waals surface area contributed by atoms with Crippen molar-refractivity contribution < 1.29 is 4.79 Å². The molecule has 1 saturated heterocycles. The summed E-state index contributed by atoms with van der Waals surface area (Å²) in [5.74, 6) is -0.0985. The quantitative estimate of drug-likeness (QED) is 0.299. The highest BCUT2D eigenvalue weighted by Gasteiger charge is 2.34. The summed E-state index contributed by atoms with van der Waals surface area (Å²) >= 11 is 19.1. The van der Waals surface area contributed by atoms with Gasteiger partial charge >= 0.3 is 0 Å². The molecular weight excluding hydrogens is 455 g/mol. The molecule has 0 bridgehead atoms. The number of thiocarbonyl (C=S) groups is 1. The van der Waals surface area contributed by atoms with Crippen LogP contribution in [0.4, 0.5) is 5.69 Å². The summed E-state index contributed by atoms with van der Waals surface area (Å²) in [5, 5.41) is 1.02. The van der Waals surface area contributed by atoms with Gasteiger partial charge in [-0.2, -0.15) is 0 Å². The van der Waals surface area contributed by atoms with Gasteiger partial charge in [-0.1, -0.05) is 65.4 Å². The number of rotatable bonds is 3. The molecule has 0 spiro atoms. The first-order valence-corrected chi connectivity index (χ1v) is 11.2. The van der Waals surface area contributed by atoms with E-state index in [9.17, 15) is 4.79 Å². The van der Waals surface area contributed by atoms with Gasteiger partial charge in [0.15, 0.2) is 4.32 Å². The zero-order valence-electron chi connectivity index (χ0n) is 16.6. The van der Waals surface area contributed by atoms with Crippen LogP contribution < -0.4 is 4.90 Å². The number of halogens is 2. The van der Waals surface area contributed by atoms with E-state index in [0.717, 1.165) is 33.9 Å². The molecule has 1 aromatic heterocycles. The second kappa shape index (κ2) is 8.23. The van der Waals surface area contributed by atoms with Crippen LogP contribution in [0.5, 0.6) is 0 Å². The number of hydrogen-bond acceptors (Lipinski definition) is 3. The van der Waals surface area contributed by atoms with Gasteiger partial charge in [0.2, 0.25) is 0 Å². The Kier molecular flexibility index (Phi) is 5.82. The third-order valence-electron chi connectivity index (χ3n) is 5.07. The number of para-hydroxylation sites is 1. The van der Waals surface area contributed by atoms with Gasteiger partial charge in [-0.15, -0.1) is 0 Å². The zero-order chi connectivity index (χ0) is 21.6. The molecule has 2 heterocycles. The molecule has 1 fully saturated rings. The summed E-state index contributed by atoms with van der Waals surface area (Å²) < 4.78 is 2.63. The monoisotopic (exact) mass is 472 g/mol. The molecule has 0 aliphatic carbocycles. The van der Waals surface area contributed by atoms with Crippen LogP contribution in [0, 0.1) is 20.8 Å². The van der Waals surface area contributed by atoms with Gasteiger partial charge in [-0.3, -0.25) is 9.69 Å². The topological polar surface area (TPSA) is 25.2 Å². The van der Waals surface area contributed by atoms with Crippen LogP contribution in [0.2, 0.25) is 10.0 Å². The standard InChI is InChI=1S/C23H18Cl2N2OS2/c1-13-6-4-5-7-20(13)27-22(28)21(30-23(27)29)11-16-10-14(2)26(15(16)3)17-8-9-18(24)19(25)12-17/h4-12H,1-3H3/b21-11+. The van der Waals surface area contributed by atoms with Crippen molar-refractivity contribution in [2.45, 2.75) is 20.8 Å². The first-order valence-electron chi connectivity index (χ1n) is 9.26. The van der Waals surface area contributed by atoms with Crippen molar-refractivity contribution in [1.82, 2.24) is 4.57 Å². The maximum atomic E-state index is 13.1. The lowest BCUT2D eigenvalue weighted by atomic mass is 10.2. The summed E-state index contributed by atoms with van der Waals surface area (Å²) in [6, 6.07) is 15.4. The third-order valence-corrected chi connectivity index (χ3v) is 7.11. The van der Waals surface area contributed by atoms with Crippen LogP contribution in [0.3, 0.4) is 0 Å². The number of carbonyl (C=O) groups is 1. The highest BCUT2D eigenvalue weighted by Crippen LogP contribution is 2.38. The molecule has 1 aliphatic rings. The Labute approximate surface area is 195 Å². The summed E-state index contributed by atoms with van der Waals surface area (Å²) in [6.45, 7) is 6.01. The zero-order valence-corrected chi connectivity index (χ0v) is 19.7. The van der Waals surface area contributed by atoms with E-state index in [1.165, 1.54) is 11.8 Å². The molecule has 3 nitrogen and oxygen atoms in total. The van der Waals surface area contributed by atoms with E-state index >= 15 is 0 Å². The van der Waals surface area contributed by atoms with Gasteiger partial charge in [-0.25, -0.2) is 0 Å². The molecule has 1 aliphatic heterocycles. The maximum absolute atomic E-state index is 13.1. The highest BCUT2D eigenvalue weighted by molar-refractivity contribution is 8.27. The molecule has 0 radical (unpaired) electrons. The lowest BCUT2D eigenvalue weighted by Gasteiger charge is -2.16. The van der Waals surface area contributed by atoms with Crippen LogP contribution in [0.1, 0.15) is 22.5 Å². The van der Waals surface area contributed by atoms with Crippen LogP contribution in [-0.4, -0.2) is 14.8 Å². The van der Waals surface area contributed by atoms with E-state index in [0.29, 0.717) is 19.3 Å². The average molecular weight is 473 g/mol. The fourth-order valence-corrected chi connectivity index (χ4v) is 5.15. The fourth-order valence-electron chi connectivity index (χ4n) is 3.59. The van der Waals surface area contributed by atoms with Crippen molar-refractivity contribution in [2.75, 3.05) is 4.90 Å². The second-order valence-corrected chi connectivity index (χ2v) is 9.55. The molecule has 1 amide bonds. The molecule has 2 aromatic carbocycles. The number of anilines is 1. The van der Waals surface area contributed by atoms with Crippen LogP contribution in [0.15, 0.2) is 53.4 Å². The van der Waals surface area contributed by atoms with Crippen molar-refractivity contribution >= 4 is 69.2 Å². The second-order valence-electron chi connectivity index (χ2n) is 7.06. The number of hydrogen-bond donors (Lipinski definition) is 0. The van der Waals surface area contributed by atoms with Crippen molar-refractivity contribution in [1.29, 1.82) is 0 Å². The van der Waals surface area contributed by atoms with Gasteiger partial charge in [0.25, 0.3) is 5.91 Å². The fraction of sp³-hybridized carbons (Fsp3) is 0.130. The Morgan fingerprint density at radius 3 is 2.43 bits per heavy atom. The molecule has 0 saturated carbocycles. The number of thioether (sulfide) groups is 1. The molecule has 0 atom stereocenters. The summed E-state index contributed by atoms with van der Waals surface area (Å²) in [6.07, 6.45) is 1.91. The van der Waals surface area contributed by atoms with Gasteiger partial charge in [0, 0.05) is 17.1 Å². The number of nitrogens with zero attached hydrogens (tertiary/aromatic N) is 2. The number of carbonyl (C=O) groups excluding carboxylic acids is 1. The Morgan fingerprint density at radius 2 is 1.73 bits per heavy atom. The van der Waals surface area contributed by atoms with Crippen LogP contribution >= 0.6 is 47.2 Å². The number of aromatic nitrogens is 1. The van der Waals surface area contributed by atoms with E-state index in [1.54, 1.807) is 11.0 Å². The predicted octanol–water partition coefficient (Wildman–Crippen LogP) is 7.12. The Morgan fingerprint density at radius 1 is 1.00 bits per heavy atom. The highest BCUT2D eigenvalue weighted by atomic mass is 35.5. The number of aryl methyl sites for hydroxylation is 2. The summed E-state index contributed by atoms with van der Waals surface area (Å²) in [4.78, 5) is 15.4. The minimum Gasteiger partial charge on any atom is -0.318 e. The molecule has 30 heavy (non-hydrogen) atoms. The van der Waals surface area contributed by atoms with E-state index in [2.05, 4.69) is 10.6 Å². The van der Waals surface area contributed by atoms with E-state index in [4.69, 9.17) is 35.4 Å². The molecular formula is C23H18Cl2N2OS2. The lowest BCUT2D eigenvalue weighted by molar-refractivity contribution is -0.113. The van der Waals surface area contributed by atoms with Crippen molar-refractivity contribution in [3.63, 3.8) is 0 Å². The Bertz CT molecular complexity index is 1230. The SMILES string of the molecule is Cc1ccccc1N1C(=O)/C(=C\c2cc(C)n(-c3ccc(Cl)c(Cl)c3)c2C)SC1=S. The average Bonchev–Trinajstić information content (AvgIpc) is 3.13. The Hall–Kier alpha value is -2.05. The molecule has 0 unspecified atom stereocenters. The molecule has 4 rings (SSSR count). The van der Waals surface area contributed by atoms with Crippen molar-refractivity contribution in [3.05, 3.63) is 86.0 Å². The lowest BCUT2D eigenvalue weighted by Crippen LogP contribution is -2.28. The number of benzene rings is 2. The van der Waals surface area contributed by atoms with Crippen molar-refractivity contribution in [3.8, 4) is 5.69 Å². The van der Waals surface area contributed by atoms with Gasteiger partial charge in [0.05, 0.1) is 20.6 Å². The normalized spacial score (nSPS) is 15.5. The summed E-state index contributed by atoms with van der Waals surface area (Å²) in [7, 11) is 0. The molecule has 7 heteroatoms. The van der Waals surface area contributed by atoms with Gasteiger partial charge in [0.1, 0.15) is 0 Å². The molecule has 3 aromatic rings. The predicted molar refractivity (Wildman–Crippen MR) is 132 cm³/mol.